The second kappa shape index (κ2) is 2.96. The second-order valence-corrected chi connectivity index (χ2v) is 1.92. The predicted octanol–water partition coefficient (Wildman–Crippen LogP) is 1.20. The molecular formula is C7H8N2O. The van der Waals surface area contributed by atoms with E-state index >= 15 is 0 Å². The summed E-state index contributed by atoms with van der Waals surface area (Å²) in [6, 6.07) is 3.63. The van der Waals surface area contributed by atoms with Gasteiger partial charge in [0.15, 0.2) is 0 Å². The number of rotatable bonds is 1. The fraction of sp³-hybridized carbons (Fsp3) is 0.143. The van der Waals surface area contributed by atoms with Crippen LogP contribution in [0.25, 0.3) is 0 Å². The second-order valence-electron chi connectivity index (χ2n) is 1.92. The highest BCUT2D eigenvalue weighted by Gasteiger charge is 1.91. The van der Waals surface area contributed by atoms with Crippen molar-refractivity contribution in [2.75, 3.05) is 0 Å². The van der Waals surface area contributed by atoms with E-state index in [1.54, 1.807) is 12.3 Å². The van der Waals surface area contributed by atoms with Crippen molar-refractivity contribution in [3.63, 3.8) is 0 Å². The van der Waals surface area contributed by atoms with Crippen LogP contribution in [0.4, 0.5) is 0 Å². The van der Waals surface area contributed by atoms with Crippen molar-refractivity contribution < 1.29 is 5.21 Å². The molecule has 0 saturated carbocycles. The van der Waals surface area contributed by atoms with Crippen LogP contribution >= 0.6 is 0 Å². The number of hydrogen-bond donors (Lipinski definition) is 1. The highest BCUT2D eigenvalue weighted by Crippen LogP contribution is 1.98. The number of aromatic nitrogens is 1. The van der Waals surface area contributed by atoms with Crippen LogP contribution in [0.1, 0.15) is 11.3 Å². The summed E-state index contributed by atoms with van der Waals surface area (Å²) < 4.78 is 0. The first-order chi connectivity index (χ1) is 4.84. The smallest absolute Gasteiger partial charge is 0.0752 e. The summed E-state index contributed by atoms with van der Waals surface area (Å²) in [5.41, 5.74) is 1.70. The summed E-state index contributed by atoms with van der Waals surface area (Å²) in [7, 11) is 0. The fourth-order valence-electron chi connectivity index (χ4n) is 0.695. The van der Waals surface area contributed by atoms with E-state index in [4.69, 9.17) is 5.21 Å². The van der Waals surface area contributed by atoms with Crippen molar-refractivity contribution in [3.8, 4) is 0 Å². The maximum atomic E-state index is 8.19. The van der Waals surface area contributed by atoms with Gasteiger partial charge in [-0.15, -0.1) is 0 Å². The van der Waals surface area contributed by atoms with E-state index in [-0.39, 0.29) is 0 Å². The Morgan fingerprint density at radius 3 is 3.10 bits per heavy atom. The van der Waals surface area contributed by atoms with Gasteiger partial charge in [-0.05, 0) is 19.1 Å². The maximum absolute atomic E-state index is 8.19. The van der Waals surface area contributed by atoms with Crippen molar-refractivity contribution in [3.05, 3.63) is 29.6 Å². The van der Waals surface area contributed by atoms with Gasteiger partial charge in [0.05, 0.1) is 6.21 Å². The average molecular weight is 136 g/mol. The molecular weight excluding hydrogens is 128 g/mol. The van der Waals surface area contributed by atoms with Crippen LogP contribution in [-0.2, 0) is 0 Å². The molecule has 0 amide bonds. The Hall–Kier alpha value is -1.38. The summed E-state index contributed by atoms with van der Waals surface area (Å²) >= 11 is 0. The normalized spacial score (nSPS) is 10.5. The Morgan fingerprint density at radius 1 is 1.70 bits per heavy atom. The molecule has 0 aliphatic heterocycles. The van der Waals surface area contributed by atoms with Crippen molar-refractivity contribution in [1.82, 2.24) is 4.98 Å². The monoisotopic (exact) mass is 136 g/mol. The van der Waals surface area contributed by atoms with E-state index in [2.05, 4.69) is 10.1 Å². The molecule has 0 spiro atoms. The first-order valence-corrected chi connectivity index (χ1v) is 2.93. The molecule has 0 aliphatic rings. The number of hydrogen-bond acceptors (Lipinski definition) is 3. The summed E-state index contributed by atoms with van der Waals surface area (Å²) in [5.74, 6) is 0. The van der Waals surface area contributed by atoms with Gasteiger partial charge in [0.1, 0.15) is 0 Å². The van der Waals surface area contributed by atoms with Gasteiger partial charge in [0, 0.05) is 17.5 Å². The van der Waals surface area contributed by atoms with Gasteiger partial charge >= 0.3 is 0 Å². The molecule has 0 radical (unpaired) electrons. The van der Waals surface area contributed by atoms with Crippen molar-refractivity contribution in [1.29, 1.82) is 0 Å². The number of oxime groups is 1. The van der Waals surface area contributed by atoms with Gasteiger partial charge in [-0.2, -0.15) is 0 Å². The molecule has 0 aromatic carbocycles. The highest BCUT2D eigenvalue weighted by atomic mass is 16.4. The van der Waals surface area contributed by atoms with Crippen molar-refractivity contribution in [2.24, 2.45) is 5.16 Å². The van der Waals surface area contributed by atoms with Gasteiger partial charge in [-0.3, -0.25) is 4.98 Å². The van der Waals surface area contributed by atoms with E-state index in [1.807, 2.05) is 13.0 Å². The van der Waals surface area contributed by atoms with Crippen LogP contribution in [-0.4, -0.2) is 16.4 Å². The first-order valence-electron chi connectivity index (χ1n) is 2.93. The standard InChI is InChI=1S/C7H8N2O/c1-6-7(5-9-10)3-2-4-8-6/h2-5,10H,1H3/b9-5-. The lowest BCUT2D eigenvalue weighted by Gasteiger charge is -1.93. The van der Waals surface area contributed by atoms with Crippen LogP contribution in [0.2, 0.25) is 0 Å². The summed E-state index contributed by atoms with van der Waals surface area (Å²) in [6.07, 6.45) is 3.06. The molecule has 0 fully saturated rings. The average Bonchev–Trinajstić information content (AvgIpc) is 1.94. The minimum absolute atomic E-state index is 0.838. The molecule has 3 heteroatoms. The Kier molecular flexibility index (Phi) is 1.99. The minimum atomic E-state index is 0.838. The predicted molar refractivity (Wildman–Crippen MR) is 38.4 cm³/mol. The Balaban J connectivity index is 3.03. The van der Waals surface area contributed by atoms with Crippen LogP contribution in [0.5, 0.6) is 0 Å². The zero-order valence-electron chi connectivity index (χ0n) is 5.65. The third-order valence-electron chi connectivity index (χ3n) is 1.24. The van der Waals surface area contributed by atoms with Crippen molar-refractivity contribution in [2.45, 2.75) is 6.92 Å². The molecule has 1 aromatic heterocycles. The zero-order chi connectivity index (χ0) is 7.40. The van der Waals surface area contributed by atoms with Gasteiger partial charge in [-0.1, -0.05) is 5.16 Å². The molecule has 52 valence electrons. The molecule has 0 aliphatic carbocycles. The largest absolute Gasteiger partial charge is 0.411 e. The van der Waals surface area contributed by atoms with Crippen LogP contribution in [0, 0.1) is 6.92 Å². The Labute approximate surface area is 59.0 Å². The SMILES string of the molecule is Cc1ncccc1/C=N\O. The van der Waals surface area contributed by atoms with Crippen LogP contribution in [0.15, 0.2) is 23.5 Å². The van der Waals surface area contributed by atoms with Gasteiger partial charge < -0.3 is 5.21 Å². The van der Waals surface area contributed by atoms with E-state index in [9.17, 15) is 0 Å². The lowest BCUT2D eigenvalue weighted by Crippen LogP contribution is -1.88. The number of aryl methyl sites for hydroxylation is 1. The lowest BCUT2D eigenvalue weighted by atomic mass is 10.2. The summed E-state index contributed by atoms with van der Waals surface area (Å²) in [6.45, 7) is 1.86. The molecule has 1 heterocycles. The molecule has 0 bridgehead atoms. The fourth-order valence-corrected chi connectivity index (χ4v) is 0.695. The molecule has 1 rings (SSSR count). The first kappa shape index (κ1) is 6.74. The minimum Gasteiger partial charge on any atom is -0.411 e. The van der Waals surface area contributed by atoms with E-state index in [0.717, 1.165) is 11.3 Å². The summed E-state index contributed by atoms with van der Waals surface area (Å²) in [4.78, 5) is 4.00. The lowest BCUT2D eigenvalue weighted by molar-refractivity contribution is 0.322. The third kappa shape index (κ3) is 1.31. The number of pyridine rings is 1. The Bertz CT molecular complexity index is 245. The molecule has 1 aromatic rings. The molecule has 3 nitrogen and oxygen atoms in total. The quantitative estimate of drug-likeness (QED) is 0.358. The molecule has 10 heavy (non-hydrogen) atoms. The van der Waals surface area contributed by atoms with Gasteiger partial charge in [0.2, 0.25) is 0 Å². The van der Waals surface area contributed by atoms with Crippen LogP contribution < -0.4 is 0 Å². The van der Waals surface area contributed by atoms with Crippen molar-refractivity contribution >= 4 is 6.21 Å². The third-order valence-corrected chi connectivity index (χ3v) is 1.24. The topological polar surface area (TPSA) is 45.5 Å². The molecule has 0 unspecified atom stereocenters. The molecule has 0 atom stereocenters. The Morgan fingerprint density at radius 2 is 2.50 bits per heavy atom. The van der Waals surface area contributed by atoms with E-state index in [1.165, 1.54) is 6.21 Å². The van der Waals surface area contributed by atoms with Gasteiger partial charge in [-0.25, -0.2) is 0 Å². The van der Waals surface area contributed by atoms with E-state index < -0.39 is 0 Å². The van der Waals surface area contributed by atoms with E-state index in [0.29, 0.717) is 0 Å². The van der Waals surface area contributed by atoms with Gasteiger partial charge in [0.25, 0.3) is 0 Å². The van der Waals surface area contributed by atoms with Crippen LogP contribution in [0.3, 0.4) is 0 Å². The number of nitrogens with zero attached hydrogens (tertiary/aromatic N) is 2. The molecule has 0 saturated heterocycles. The highest BCUT2D eigenvalue weighted by molar-refractivity contribution is 5.80. The maximum Gasteiger partial charge on any atom is 0.0752 e. The zero-order valence-corrected chi connectivity index (χ0v) is 5.65. The molecule has 1 N–H and O–H groups in total. The summed E-state index contributed by atoms with van der Waals surface area (Å²) in [5, 5.41) is 11.1.